The van der Waals surface area contributed by atoms with E-state index < -0.39 is 0 Å². The molecule has 0 saturated heterocycles. The normalized spacial score (nSPS) is 17.4. The predicted molar refractivity (Wildman–Crippen MR) is 68.1 cm³/mol. The molecular weight excluding hydrogens is 196 g/mol. The molecule has 16 heavy (non-hydrogen) atoms. The first-order valence-corrected chi connectivity index (χ1v) is 6.21. The van der Waals surface area contributed by atoms with Crippen molar-refractivity contribution in [3.63, 3.8) is 0 Å². The fourth-order valence-electron chi connectivity index (χ4n) is 2.25. The molecule has 0 amide bonds. The van der Waals surface area contributed by atoms with E-state index in [1.165, 1.54) is 36.0 Å². The van der Waals surface area contributed by atoms with Crippen molar-refractivity contribution in [1.29, 1.82) is 0 Å². The van der Waals surface area contributed by atoms with E-state index in [1.807, 2.05) is 0 Å². The molecule has 1 atom stereocenters. The maximum Gasteiger partial charge on any atom is 0.0253 e. The Morgan fingerprint density at radius 3 is 2.75 bits per heavy atom. The summed E-state index contributed by atoms with van der Waals surface area (Å²) in [6.45, 7) is 4.33. The first-order chi connectivity index (χ1) is 7.69. The van der Waals surface area contributed by atoms with Gasteiger partial charge in [-0.3, -0.25) is 11.3 Å². The number of aryl methyl sites for hydroxylation is 2. The lowest BCUT2D eigenvalue weighted by Crippen LogP contribution is -2.37. The minimum atomic E-state index is 0.438. The predicted octanol–water partition coefficient (Wildman–Crippen LogP) is 2.48. The molecule has 0 bridgehead atoms. The van der Waals surface area contributed by atoms with Gasteiger partial charge < -0.3 is 0 Å². The van der Waals surface area contributed by atoms with Crippen LogP contribution in [-0.2, 0) is 6.42 Å². The SMILES string of the molecule is Cc1ccc(C)c(CC(CC2CC2)NN)c1. The number of rotatable bonds is 5. The monoisotopic (exact) mass is 218 g/mol. The summed E-state index contributed by atoms with van der Waals surface area (Å²) >= 11 is 0. The van der Waals surface area contributed by atoms with Crippen LogP contribution in [0.4, 0.5) is 0 Å². The zero-order chi connectivity index (χ0) is 11.5. The minimum Gasteiger partial charge on any atom is -0.271 e. The highest BCUT2D eigenvalue weighted by Crippen LogP contribution is 2.34. The molecule has 0 spiro atoms. The molecule has 0 aliphatic heterocycles. The van der Waals surface area contributed by atoms with Crippen LogP contribution in [-0.4, -0.2) is 6.04 Å². The summed E-state index contributed by atoms with van der Waals surface area (Å²) in [6.07, 6.45) is 5.07. The van der Waals surface area contributed by atoms with Crippen molar-refractivity contribution in [1.82, 2.24) is 5.43 Å². The van der Waals surface area contributed by atoms with Crippen molar-refractivity contribution in [2.24, 2.45) is 11.8 Å². The molecule has 3 N–H and O–H groups in total. The lowest BCUT2D eigenvalue weighted by atomic mass is 9.96. The number of hydrogen-bond acceptors (Lipinski definition) is 2. The van der Waals surface area contributed by atoms with Crippen LogP contribution in [0, 0.1) is 19.8 Å². The Morgan fingerprint density at radius 2 is 2.12 bits per heavy atom. The molecule has 1 aromatic rings. The second-order valence-corrected chi connectivity index (χ2v) is 5.18. The molecule has 2 rings (SSSR count). The van der Waals surface area contributed by atoms with E-state index in [-0.39, 0.29) is 0 Å². The number of nitrogens with one attached hydrogen (secondary N) is 1. The van der Waals surface area contributed by atoms with Crippen molar-refractivity contribution in [2.75, 3.05) is 0 Å². The topological polar surface area (TPSA) is 38.0 Å². The molecule has 1 fully saturated rings. The molecule has 2 heteroatoms. The van der Waals surface area contributed by atoms with Gasteiger partial charge in [0.1, 0.15) is 0 Å². The summed E-state index contributed by atoms with van der Waals surface area (Å²) in [7, 11) is 0. The van der Waals surface area contributed by atoms with Crippen LogP contribution in [0.5, 0.6) is 0 Å². The van der Waals surface area contributed by atoms with Crippen molar-refractivity contribution >= 4 is 0 Å². The van der Waals surface area contributed by atoms with Crippen LogP contribution in [0.1, 0.15) is 36.0 Å². The molecule has 2 nitrogen and oxygen atoms in total. The molecule has 88 valence electrons. The summed E-state index contributed by atoms with van der Waals surface area (Å²) in [5.74, 6) is 6.56. The molecule has 1 saturated carbocycles. The van der Waals surface area contributed by atoms with E-state index in [4.69, 9.17) is 5.84 Å². The highest BCUT2D eigenvalue weighted by molar-refractivity contribution is 5.31. The van der Waals surface area contributed by atoms with Gasteiger partial charge in [0.25, 0.3) is 0 Å². The van der Waals surface area contributed by atoms with Crippen LogP contribution < -0.4 is 11.3 Å². The quantitative estimate of drug-likeness (QED) is 0.588. The van der Waals surface area contributed by atoms with Gasteiger partial charge in [-0.05, 0) is 43.7 Å². The first kappa shape index (κ1) is 11.6. The van der Waals surface area contributed by atoms with Gasteiger partial charge in [-0.1, -0.05) is 36.6 Å². The largest absolute Gasteiger partial charge is 0.271 e. The van der Waals surface area contributed by atoms with Crippen LogP contribution in [0.25, 0.3) is 0 Å². The zero-order valence-electron chi connectivity index (χ0n) is 10.3. The van der Waals surface area contributed by atoms with E-state index in [9.17, 15) is 0 Å². The van der Waals surface area contributed by atoms with Crippen molar-refractivity contribution in [3.8, 4) is 0 Å². The van der Waals surface area contributed by atoms with Crippen LogP contribution in [0.2, 0.25) is 0 Å². The summed E-state index contributed by atoms with van der Waals surface area (Å²) in [4.78, 5) is 0. The van der Waals surface area contributed by atoms with E-state index in [1.54, 1.807) is 0 Å². The third-order valence-corrected chi connectivity index (χ3v) is 3.52. The van der Waals surface area contributed by atoms with Crippen LogP contribution in [0.15, 0.2) is 18.2 Å². The smallest absolute Gasteiger partial charge is 0.0253 e. The second kappa shape index (κ2) is 4.98. The van der Waals surface area contributed by atoms with Gasteiger partial charge in [-0.25, -0.2) is 0 Å². The Morgan fingerprint density at radius 1 is 1.38 bits per heavy atom. The average molecular weight is 218 g/mol. The van der Waals surface area contributed by atoms with E-state index in [2.05, 4.69) is 37.5 Å². The van der Waals surface area contributed by atoms with E-state index in [0.29, 0.717) is 6.04 Å². The van der Waals surface area contributed by atoms with Crippen LogP contribution >= 0.6 is 0 Å². The highest BCUT2D eigenvalue weighted by Gasteiger charge is 2.25. The zero-order valence-corrected chi connectivity index (χ0v) is 10.3. The van der Waals surface area contributed by atoms with Gasteiger partial charge in [0, 0.05) is 6.04 Å². The third kappa shape index (κ3) is 3.06. The van der Waals surface area contributed by atoms with Crippen molar-refractivity contribution in [2.45, 2.75) is 45.6 Å². The summed E-state index contributed by atoms with van der Waals surface area (Å²) in [5, 5.41) is 0. The van der Waals surface area contributed by atoms with Gasteiger partial charge in [-0.2, -0.15) is 0 Å². The van der Waals surface area contributed by atoms with Gasteiger partial charge >= 0.3 is 0 Å². The molecule has 1 aliphatic rings. The van der Waals surface area contributed by atoms with E-state index in [0.717, 1.165) is 12.3 Å². The Hall–Kier alpha value is -0.860. The standard InChI is InChI=1S/C14H22N2/c1-10-3-4-11(2)13(7-10)9-14(16-15)8-12-5-6-12/h3-4,7,12,14,16H,5-6,8-9,15H2,1-2H3. The van der Waals surface area contributed by atoms with Crippen LogP contribution in [0.3, 0.4) is 0 Å². The lowest BCUT2D eigenvalue weighted by Gasteiger charge is -2.17. The molecule has 0 radical (unpaired) electrons. The Kier molecular flexibility index (Phi) is 3.62. The summed E-state index contributed by atoms with van der Waals surface area (Å²) in [6, 6.07) is 7.10. The summed E-state index contributed by atoms with van der Waals surface area (Å²) in [5.41, 5.74) is 7.11. The van der Waals surface area contributed by atoms with Gasteiger partial charge in [-0.15, -0.1) is 0 Å². The number of hydrogen-bond donors (Lipinski definition) is 2. The fourth-order valence-corrected chi connectivity index (χ4v) is 2.25. The molecule has 1 aliphatic carbocycles. The second-order valence-electron chi connectivity index (χ2n) is 5.18. The molecular formula is C14H22N2. The first-order valence-electron chi connectivity index (χ1n) is 6.21. The maximum absolute atomic E-state index is 5.63. The van der Waals surface area contributed by atoms with E-state index >= 15 is 0 Å². The molecule has 0 heterocycles. The minimum absolute atomic E-state index is 0.438. The third-order valence-electron chi connectivity index (χ3n) is 3.52. The molecule has 1 aromatic carbocycles. The lowest BCUT2D eigenvalue weighted by molar-refractivity contribution is 0.465. The van der Waals surface area contributed by atoms with Crippen molar-refractivity contribution in [3.05, 3.63) is 34.9 Å². The van der Waals surface area contributed by atoms with Gasteiger partial charge in [0.15, 0.2) is 0 Å². The number of hydrazine groups is 1. The maximum atomic E-state index is 5.63. The molecule has 1 unspecified atom stereocenters. The summed E-state index contributed by atoms with van der Waals surface area (Å²) < 4.78 is 0. The fraction of sp³-hybridized carbons (Fsp3) is 0.571. The highest BCUT2D eigenvalue weighted by atomic mass is 15.2. The Balaban J connectivity index is 2.01. The Bertz CT molecular complexity index is 356. The number of nitrogens with two attached hydrogens (primary N) is 1. The number of benzene rings is 1. The van der Waals surface area contributed by atoms with Gasteiger partial charge in [0.05, 0.1) is 0 Å². The van der Waals surface area contributed by atoms with Crippen molar-refractivity contribution < 1.29 is 0 Å². The molecule has 0 aromatic heterocycles. The average Bonchev–Trinajstić information content (AvgIpc) is 3.06. The van der Waals surface area contributed by atoms with Gasteiger partial charge in [0.2, 0.25) is 0 Å². The Labute approximate surface area is 98.2 Å².